The largest absolute Gasteiger partial charge is 0.402 e. The van der Waals surface area contributed by atoms with Crippen LogP contribution in [0.4, 0.5) is 13.2 Å². The van der Waals surface area contributed by atoms with Crippen molar-refractivity contribution in [1.29, 1.82) is 0 Å². The molecule has 0 atom stereocenters. The Morgan fingerprint density at radius 3 is 2.13 bits per heavy atom. The van der Waals surface area contributed by atoms with Crippen LogP contribution in [0.15, 0.2) is 0 Å². The lowest BCUT2D eigenvalue weighted by Gasteiger charge is -2.26. The molecule has 8 heteroatoms. The fourth-order valence-corrected chi connectivity index (χ4v) is 2.64. The van der Waals surface area contributed by atoms with Crippen LogP contribution in [-0.2, 0) is 10.2 Å². The van der Waals surface area contributed by atoms with Gasteiger partial charge in [0.15, 0.2) is 0 Å². The molecule has 0 aromatic rings. The molecule has 1 fully saturated rings. The third-order valence-electron chi connectivity index (χ3n) is 2.11. The number of rotatable bonds is 3. The van der Waals surface area contributed by atoms with E-state index in [2.05, 4.69) is 0 Å². The second-order valence-corrected chi connectivity index (χ2v) is 5.16. The van der Waals surface area contributed by atoms with Crippen molar-refractivity contribution in [2.24, 2.45) is 0 Å². The van der Waals surface area contributed by atoms with Gasteiger partial charge in [0, 0.05) is 13.1 Å². The maximum Gasteiger partial charge on any atom is 0.402 e. The van der Waals surface area contributed by atoms with Gasteiger partial charge in [-0.15, -0.1) is 0 Å². The van der Waals surface area contributed by atoms with Gasteiger partial charge >= 0.3 is 6.18 Å². The molecular weight excluding hydrogens is 233 g/mol. The second kappa shape index (κ2) is 4.67. The topological polar surface area (TPSA) is 49.4 Å². The summed E-state index contributed by atoms with van der Waals surface area (Å²) in [6.45, 7) is -0.911. The molecule has 4 nitrogen and oxygen atoms in total. The molecule has 0 aromatic heterocycles. The van der Waals surface area contributed by atoms with Crippen LogP contribution in [0.3, 0.4) is 0 Å². The van der Waals surface area contributed by atoms with Crippen LogP contribution in [0.1, 0.15) is 19.3 Å². The fourth-order valence-electron chi connectivity index (χ4n) is 1.37. The molecule has 0 amide bonds. The third-order valence-corrected chi connectivity index (χ3v) is 3.66. The van der Waals surface area contributed by atoms with Gasteiger partial charge in [-0.25, -0.2) is 0 Å². The summed E-state index contributed by atoms with van der Waals surface area (Å²) in [6, 6.07) is 0. The van der Waals surface area contributed by atoms with Gasteiger partial charge in [0.25, 0.3) is 10.2 Å². The van der Waals surface area contributed by atoms with E-state index in [0.717, 1.165) is 10.7 Å². The first-order valence-corrected chi connectivity index (χ1v) is 6.07. The molecular formula is C7H13F3N2O2S. The summed E-state index contributed by atoms with van der Waals surface area (Å²) in [6.07, 6.45) is -2.19. The Hall–Kier alpha value is -0.340. The normalized spacial score (nSPS) is 20.5. The van der Waals surface area contributed by atoms with E-state index in [1.54, 1.807) is 4.72 Å². The van der Waals surface area contributed by atoms with E-state index in [0.29, 0.717) is 25.9 Å². The molecule has 90 valence electrons. The lowest BCUT2D eigenvalue weighted by molar-refractivity contribution is -0.121. The smallest absolute Gasteiger partial charge is 0.195 e. The summed E-state index contributed by atoms with van der Waals surface area (Å²) < 4.78 is 60.7. The first kappa shape index (κ1) is 12.7. The maximum absolute atomic E-state index is 11.8. The Morgan fingerprint density at radius 2 is 1.67 bits per heavy atom. The summed E-state index contributed by atoms with van der Waals surface area (Å²) in [7, 11) is -3.95. The summed E-state index contributed by atoms with van der Waals surface area (Å²) in [5.74, 6) is 0. The molecule has 1 aliphatic rings. The highest BCUT2D eigenvalue weighted by molar-refractivity contribution is 7.87. The summed E-state index contributed by atoms with van der Waals surface area (Å²) in [5, 5.41) is 0. The number of hydrogen-bond donors (Lipinski definition) is 1. The first-order valence-electron chi connectivity index (χ1n) is 4.63. The number of alkyl halides is 3. The van der Waals surface area contributed by atoms with Crippen LogP contribution in [0, 0.1) is 0 Å². The summed E-state index contributed by atoms with van der Waals surface area (Å²) in [4.78, 5) is 0. The molecule has 0 aliphatic carbocycles. The number of nitrogens with one attached hydrogen (secondary N) is 1. The molecule has 1 N–H and O–H groups in total. The van der Waals surface area contributed by atoms with Crippen molar-refractivity contribution >= 4 is 10.2 Å². The van der Waals surface area contributed by atoms with Crippen molar-refractivity contribution in [3.63, 3.8) is 0 Å². The molecule has 1 heterocycles. The van der Waals surface area contributed by atoms with Crippen molar-refractivity contribution in [3.8, 4) is 0 Å². The average Bonchev–Trinajstić information content (AvgIpc) is 2.16. The maximum atomic E-state index is 11.8. The SMILES string of the molecule is O=S(=O)(NCC(F)(F)F)N1CCCCC1. The molecule has 0 unspecified atom stereocenters. The Balaban J connectivity index is 2.51. The van der Waals surface area contributed by atoms with E-state index in [9.17, 15) is 21.6 Å². The minimum absolute atomic E-state index is 0.299. The molecule has 0 bridgehead atoms. The van der Waals surface area contributed by atoms with Gasteiger partial charge in [-0.1, -0.05) is 6.42 Å². The summed E-state index contributed by atoms with van der Waals surface area (Å²) in [5.41, 5.74) is 0. The lowest BCUT2D eigenvalue weighted by Crippen LogP contribution is -2.46. The molecule has 15 heavy (non-hydrogen) atoms. The monoisotopic (exact) mass is 246 g/mol. The molecule has 0 aromatic carbocycles. The van der Waals surface area contributed by atoms with Gasteiger partial charge in [-0.05, 0) is 12.8 Å². The van der Waals surface area contributed by atoms with Crippen LogP contribution >= 0.6 is 0 Å². The van der Waals surface area contributed by atoms with Crippen LogP contribution < -0.4 is 4.72 Å². The van der Waals surface area contributed by atoms with Crippen molar-refractivity contribution < 1.29 is 21.6 Å². The fraction of sp³-hybridized carbons (Fsp3) is 1.00. The van der Waals surface area contributed by atoms with Gasteiger partial charge < -0.3 is 0 Å². The van der Waals surface area contributed by atoms with Crippen molar-refractivity contribution in [3.05, 3.63) is 0 Å². The highest BCUT2D eigenvalue weighted by Crippen LogP contribution is 2.15. The van der Waals surface area contributed by atoms with Gasteiger partial charge in [0.05, 0.1) is 0 Å². The predicted molar refractivity (Wildman–Crippen MR) is 48.4 cm³/mol. The van der Waals surface area contributed by atoms with Gasteiger partial charge in [0.1, 0.15) is 6.54 Å². The quantitative estimate of drug-likeness (QED) is 0.803. The Kier molecular flexibility index (Phi) is 3.96. The van der Waals surface area contributed by atoms with Gasteiger partial charge in [-0.2, -0.15) is 30.6 Å². The summed E-state index contributed by atoms with van der Waals surface area (Å²) >= 11 is 0. The molecule has 1 aliphatic heterocycles. The zero-order chi connectivity index (χ0) is 11.5. The Labute approximate surface area is 86.6 Å². The average molecular weight is 246 g/mol. The molecule has 1 saturated heterocycles. The van der Waals surface area contributed by atoms with E-state index in [1.165, 1.54) is 0 Å². The molecule has 0 radical (unpaired) electrons. The van der Waals surface area contributed by atoms with Gasteiger partial charge in [0.2, 0.25) is 0 Å². The number of nitrogens with zero attached hydrogens (tertiary/aromatic N) is 1. The van der Waals surface area contributed by atoms with Gasteiger partial charge in [-0.3, -0.25) is 0 Å². The Morgan fingerprint density at radius 1 is 1.13 bits per heavy atom. The van der Waals surface area contributed by atoms with E-state index >= 15 is 0 Å². The van der Waals surface area contributed by atoms with Crippen LogP contribution in [-0.4, -0.2) is 38.5 Å². The van der Waals surface area contributed by atoms with E-state index in [1.807, 2.05) is 0 Å². The highest BCUT2D eigenvalue weighted by atomic mass is 32.2. The zero-order valence-electron chi connectivity index (χ0n) is 8.05. The lowest BCUT2D eigenvalue weighted by atomic mass is 10.2. The van der Waals surface area contributed by atoms with E-state index in [-0.39, 0.29) is 0 Å². The van der Waals surface area contributed by atoms with Crippen LogP contribution in [0.25, 0.3) is 0 Å². The third kappa shape index (κ3) is 4.35. The van der Waals surface area contributed by atoms with E-state index in [4.69, 9.17) is 0 Å². The first-order chi connectivity index (χ1) is 6.81. The zero-order valence-corrected chi connectivity index (χ0v) is 8.86. The van der Waals surface area contributed by atoms with Crippen molar-refractivity contribution in [2.45, 2.75) is 25.4 Å². The standard InChI is InChI=1S/C7H13F3N2O2S/c8-7(9,10)6-11-15(13,14)12-4-2-1-3-5-12/h11H,1-6H2. The molecule has 1 rings (SSSR count). The molecule has 0 saturated carbocycles. The predicted octanol–water partition coefficient (Wildman–Crippen LogP) is 0.869. The number of halogens is 3. The minimum atomic E-state index is -4.51. The number of piperidine rings is 1. The van der Waals surface area contributed by atoms with Crippen molar-refractivity contribution in [2.75, 3.05) is 19.6 Å². The van der Waals surface area contributed by atoms with Crippen LogP contribution in [0.5, 0.6) is 0 Å². The molecule has 0 spiro atoms. The second-order valence-electron chi connectivity index (χ2n) is 3.40. The highest BCUT2D eigenvalue weighted by Gasteiger charge is 2.32. The number of hydrogen-bond acceptors (Lipinski definition) is 2. The van der Waals surface area contributed by atoms with Crippen LogP contribution in [0.2, 0.25) is 0 Å². The Bertz CT molecular complexity index is 296. The van der Waals surface area contributed by atoms with Crippen molar-refractivity contribution in [1.82, 2.24) is 9.03 Å². The minimum Gasteiger partial charge on any atom is -0.195 e. The van der Waals surface area contributed by atoms with E-state index < -0.39 is 22.9 Å².